The molecule has 0 saturated carbocycles. The SMILES string of the molecule is C[C@@H](CCc1ccccc1)N1C(=O)[C@H](Cc2ccccc2)NC12CCN(C(=O)c1ccccc1)CC2. The van der Waals surface area contributed by atoms with Crippen molar-refractivity contribution in [3.05, 3.63) is 108 Å². The van der Waals surface area contributed by atoms with E-state index in [-0.39, 0.29) is 23.9 Å². The largest absolute Gasteiger partial charge is 0.338 e. The Balaban J connectivity index is 1.34. The molecule has 3 aromatic rings. The van der Waals surface area contributed by atoms with Gasteiger partial charge in [-0.3, -0.25) is 14.9 Å². The van der Waals surface area contributed by atoms with Crippen molar-refractivity contribution in [2.24, 2.45) is 0 Å². The van der Waals surface area contributed by atoms with Crippen molar-refractivity contribution < 1.29 is 9.59 Å². The van der Waals surface area contributed by atoms with Gasteiger partial charge in [0.1, 0.15) is 0 Å². The molecule has 1 N–H and O–H groups in total. The quantitative estimate of drug-likeness (QED) is 0.533. The van der Waals surface area contributed by atoms with Crippen LogP contribution in [0.25, 0.3) is 0 Å². The highest BCUT2D eigenvalue weighted by molar-refractivity contribution is 5.94. The summed E-state index contributed by atoms with van der Waals surface area (Å²) in [6.45, 7) is 3.44. The average Bonchev–Trinajstić information content (AvgIpc) is 3.19. The number of amides is 2. The van der Waals surface area contributed by atoms with Gasteiger partial charge in [-0.05, 0) is 49.4 Å². The Morgan fingerprint density at radius 1 is 0.889 bits per heavy atom. The van der Waals surface area contributed by atoms with E-state index in [1.54, 1.807) is 0 Å². The van der Waals surface area contributed by atoms with Crippen LogP contribution in [0.4, 0.5) is 0 Å². The number of benzene rings is 3. The summed E-state index contributed by atoms with van der Waals surface area (Å²) in [5, 5.41) is 3.77. The van der Waals surface area contributed by atoms with Crippen LogP contribution in [0.3, 0.4) is 0 Å². The van der Waals surface area contributed by atoms with Crippen LogP contribution in [0.15, 0.2) is 91.0 Å². The first-order chi connectivity index (χ1) is 17.6. The van der Waals surface area contributed by atoms with E-state index in [0.29, 0.717) is 19.5 Å². The van der Waals surface area contributed by atoms with Crippen LogP contribution in [-0.2, 0) is 17.6 Å². The molecule has 2 amide bonds. The van der Waals surface area contributed by atoms with Crippen LogP contribution in [0.5, 0.6) is 0 Å². The molecule has 2 aliphatic rings. The van der Waals surface area contributed by atoms with Gasteiger partial charge in [-0.1, -0.05) is 78.9 Å². The van der Waals surface area contributed by atoms with Crippen molar-refractivity contribution in [1.82, 2.24) is 15.1 Å². The number of rotatable bonds is 7. The zero-order chi connectivity index (χ0) is 25.0. The number of carbonyl (C=O) groups excluding carboxylic acids is 2. The molecule has 0 radical (unpaired) electrons. The Bertz CT molecular complexity index is 1160. The summed E-state index contributed by atoms with van der Waals surface area (Å²) in [7, 11) is 0. The summed E-state index contributed by atoms with van der Waals surface area (Å²) >= 11 is 0. The number of hydrogen-bond acceptors (Lipinski definition) is 3. The van der Waals surface area contributed by atoms with Gasteiger partial charge in [0.25, 0.3) is 5.91 Å². The third kappa shape index (κ3) is 5.07. The van der Waals surface area contributed by atoms with E-state index in [9.17, 15) is 9.59 Å². The Hall–Kier alpha value is -3.44. The first kappa shape index (κ1) is 24.3. The topological polar surface area (TPSA) is 52.7 Å². The van der Waals surface area contributed by atoms with Crippen molar-refractivity contribution in [3.63, 3.8) is 0 Å². The van der Waals surface area contributed by atoms with Gasteiger partial charge < -0.3 is 9.80 Å². The molecule has 0 bridgehead atoms. The van der Waals surface area contributed by atoms with E-state index < -0.39 is 5.66 Å². The number of nitrogens with one attached hydrogen (secondary N) is 1. The normalized spacial score (nSPS) is 20.0. The lowest BCUT2D eigenvalue weighted by Gasteiger charge is -2.47. The maximum atomic E-state index is 13.9. The minimum Gasteiger partial charge on any atom is -0.338 e. The second kappa shape index (κ2) is 10.7. The third-order valence-corrected chi connectivity index (χ3v) is 7.76. The lowest BCUT2D eigenvalue weighted by Crippen LogP contribution is -2.61. The molecule has 2 aliphatic heterocycles. The van der Waals surface area contributed by atoms with Crippen LogP contribution < -0.4 is 5.32 Å². The van der Waals surface area contributed by atoms with Crippen molar-refractivity contribution in [3.8, 4) is 0 Å². The lowest BCUT2D eigenvalue weighted by atomic mass is 9.93. The number of aryl methyl sites for hydroxylation is 1. The molecule has 186 valence electrons. The summed E-state index contributed by atoms with van der Waals surface area (Å²) in [5.74, 6) is 0.251. The van der Waals surface area contributed by atoms with Gasteiger partial charge in [0.15, 0.2) is 0 Å². The van der Waals surface area contributed by atoms with Crippen molar-refractivity contribution >= 4 is 11.8 Å². The molecule has 2 atom stereocenters. The standard InChI is InChI=1S/C31H35N3O2/c1-24(17-18-25-11-5-2-6-12-25)34-30(36)28(23-26-13-7-3-8-14-26)32-31(34)19-21-33(22-20-31)29(35)27-15-9-4-10-16-27/h2-16,24,28,32H,17-23H2,1H3/t24-,28-/m0/s1. The smallest absolute Gasteiger partial charge is 0.253 e. The monoisotopic (exact) mass is 481 g/mol. The van der Waals surface area contributed by atoms with Crippen molar-refractivity contribution in [1.29, 1.82) is 0 Å². The van der Waals surface area contributed by atoms with Gasteiger partial charge in [-0.25, -0.2) is 0 Å². The van der Waals surface area contributed by atoms with Gasteiger partial charge in [-0.2, -0.15) is 0 Å². The van der Waals surface area contributed by atoms with Crippen molar-refractivity contribution in [2.75, 3.05) is 13.1 Å². The highest BCUT2D eigenvalue weighted by Gasteiger charge is 2.53. The molecular weight excluding hydrogens is 446 g/mol. The van der Waals surface area contributed by atoms with Gasteiger partial charge in [0.05, 0.1) is 11.7 Å². The minimum absolute atomic E-state index is 0.0688. The molecule has 0 aromatic heterocycles. The van der Waals surface area contributed by atoms with E-state index in [1.165, 1.54) is 5.56 Å². The zero-order valence-corrected chi connectivity index (χ0v) is 21.0. The van der Waals surface area contributed by atoms with E-state index in [0.717, 1.165) is 36.8 Å². The molecule has 0 unspecified atom stereocenters. The Labute approximate surface area is 214 Å². The molecule has 5 nitrogen and oxygen atoms in total. The van der Waals surface area contributed by atoms with Gasteiger partial charge >= 0.3 is 0 Å². The maximum Gasteiger partial charge on any atom is 0.253 e. The van der Waals surface area contributed by atoms with Crippen molar-refractivity contribution in [2.45, 2.75) is 56.8 Å². The fourth-order valence-electron chi connectivity index (χ4n) is 5.84. The number of nitrogens with zero attached hydrogens (tertiary/aromatic N) is 2. The number of piperidine rings is 1. The molecular formula is C31H35N3O2. The Morgan fingerprint density at radius 2 is 1.44 bits per heavy atom. The summed E-state index contributed by atoms with van der Waals surface area (Å²) in [6.07, 6.45) is 3.99. The summed E-state index contributed by atoms with van der Waals surface area (Å²) in [4.78, 5) is 31.0. The fraction of sp³-hybridized carbons (Fsp3) is 0.355. The Morgan fingerprint density at radius 3 is 2.06 bits per heavy atom. The summed E-state index contributed by atoms with van der Waals surface area (Å²) in [6, 6.07) is 30.0. The molecule has 0 aliphatic carbocycles. The Kier molecular flexibility index (Phi) is 7.19. The van der Waals surface area contributed by atoms with E-state index in [2.05, 4.69) is 53.5 Å². The molecule has 1 spiro atoms. The number of carbonyl (C=O) groups is 2. The first-order valence-corrected chi connectivity index (χ1v) is 13.1. The van der Waals surface area contributed by atoms with Crippen LogP contribution in [0.1, 0.15) is 47.7 Å². The zero-order valence-electron chi connectivity index (χ0n) is 21.0. The van der Waals surface area contributed by atoms with E-state index in [4.69, 9.17) is 0 Å². The van der Waals surface area contributed by atoms with Crippen LogP contribution >= 0.6 is 0 Å². The molecule has 5 rings (SSSR count). The van der Waals surface area contributed by atoms with E-state index >= 15 is 0 Å². The van der Waals surface area contributed by atoms with Gasteiger partial charge in [0, 0.05) is 37.5 Å². The predicted octanol–water partition coefficient (Wildman–Crippen LogP) is 4.68. The number of hydrogen-bond donors (Lipinski definition) is 1. The molecule has 5 heteroatoms. The van der Waals surface area contributed by atoms with Crippen LogP contribution in [0.2, 0.25) is 0 Å². The maximum absolute atomic E-state index is 13.9. The molecule has 3 aromatic carbocycles. The lowest BCUT2D eigenvalue weighted by molar-refractivity contribution is -0.136. The summed E-state index contributed by atoms with van der Waals surface area (Å²) in [5.41, 5.74) is 2.76. The van der Waals surface area contributed by atoms with Gasteiger partial charge in [-0.15, -0.1) is 0 Å². The second-order valence-electron chi connectivity index (χ2n) is 10.2. The molecule has 2 heterocycles. The van der Waals surface area contributed by atoms with Gasteiger partial charge in [0.2, 0.25) is 5.91 Å². The van der Waals surface area contributed by atoms with E-state index in [1.807, 2.05) is 59.5 Å². The minimum atomic E-state index is -0.417. The summed E-state index contributed by atoms with van der Waals surface area (Å²) < 4.78 is 0. The first-order valence-electron chi connectivity index (χ1n) is 13.1. The van der Waals surface area contributed by atoms with Crippen LogP contribution in [-0.4, -0.2) is 52.5 Å². The van der Waals surface area contributed by atoms with Crippen LogP contribution in [0, 0.1) is 0 Å². The second-order valence-corrected chi connectivity index (χ2v) is 10.2. The third-order valence-electron chi connectivity index (χ3n) is 7.76. The predicted molar refractivity (Wildman–Crippen MR) is 142 cm³/mol. The average molecular weight is 482 g/mol. The molecule has 2 fully saturated rings. The number of likely N-dealkylation sites (tertiary alicyclic amines) is 1. The molecule has 36 heavy (non-hydrogen) atoms. The fourth-order valence-corrected chi connectivity index (χ4v) is 5.84. The molecule has 2 saturated heterocycles. The highest BCUT2D eigenvalue weighted by Crippen LogP contribution is 2.36. The highest BCUT2D eigenvalue weighted by atomic mass is 16.2.